The molecule has 2 aromatic carbocycles. The second kappa shape index (κ2) is 7.60. The molecule has 142 valence electrons. The highest BCUT2D eigenvalue weighted by atomic mass is 16.5. The molecule has 2 heterocycles. The van der Waals surface area contributed by atoms with E-state index in [1.165, 1.54) is 0 Å². The van der Waals surface area contributed by atoms with Crippen molar-refractivity contribution >= 4 is 22.7 Å². The molecule has 0 saturated heterocycles. The number of imidazole rings is 1. The molecule has 0 amide bonds. The number of ether oxygens (including phenoxy) is 2. The van der Waals surface area contributed by atoms with Gasteiger partial charge in [0.15, 0.2) is 0 Å². The molecule has 1 N–H and O–H groups in total. The maximum absolute atomic E-state index is 5.88. The Labute approximate surface area is 163 Å². The number of nitrogens with zero attached hydrogens (tertiary/aromatic N) is 3. The van der Waals surface area contributed by atoms with Crippen LogP contribution in [0, 0.1) is 0 Å². The Kier molecular flexibility index (Phi) is 4.85. The Morgan fingerprint density at radius 3 is 2.54 bits per heavy atom. The summed E-state index contributed by atoms with van der Waals surface area (Å²) in [6, 6.07) is 17.4. The lowest BCUT2D eigenvalue weighted by Crippen LogP contribution is -2.06. The highest BCUT2D eigenvalue weighted by Gasteiger charge is 2.10. The van der Waals surface area contributed by atoms with Gasteiger partial charge in [0.1, 0.15) is 17.2 Å². The predicted octanol–water partition coefficient (Wildman–Crippen LogP) is 5.29. The molecule has 2 aromatic heterocycles. The van der Waals surface area contributed by atoms with Gasteiger partial charge in [-0.25, -0.2) is 4.98 Å². The molecule has 0 aliphatic carbocycles. The summed E-state index contributed by atoms with van der Waals surface area (Å²) in [4.78, 5) is 8.72. The van der Waals surface area contributed by atoms with Crippen LogP contribution in [0.3, 0.4) is 0 Å². The van der Waals surface area contributed by atoms with Crippen LogP contribution in [-0.4, -0.2) is 20.6 Å². The van der Waals surface area contributed by atoms with Crippen LogP contribution < -0.4 is 14.8 Å². The smallest absolute Gasteiger partial charge is 0.208 e. The van der Waals surface area contributed by atoms with Crippen LogP contribution in [0.5, 0.6) is 17.2 Å². The second-order valence-corrected chi connectivity index (χ2v) is 6.75. The molecule has 0 bridgehead atoms. The van der Waals surface area contributed by atoms with E-state index in [0.29, 0.717) is 0 Å². The number of aryl methyl sites for hydroxylation is 1. The van der Waals surface area contributed by atoms with E-state index in [-0.39, 0.29) is 6.10 Å². The van der Waals surface area contributed by atoms with E-state index in [2.05, 4.69) is 10.3 Å². The largest absolute Gasteiger partial charge is 0.491 e. The average molecular weight is 374 g/mol. The van der Waals surface area contributed by atoms with Crippen molar-refractivity contribution in [3.05, 3.63) is 67.0 Å². The van der Waals surface area contributed by atoms with Gasteiger partial charge in [-0.1, -0.05) is 6.07 Å². The standard InChI is InChI=1S/C22H22N4O2/c1-15(2)27-18-6-4-5-16(13-18)24-22-25-20-14-19(7-8-21(20)26(22)3)28-17-9-11-23-12-10-17/h4-15H,1-3H3,(H,24,25). The Hall–Kier alpha value is -3.54. The van der Waals surface area contributed by atoms with Gasteiger partial charge in [-0.3, -0.25) is 4.98 Å². The topological polar surface area (TPSA) is 61.2 Å². The number of fused-ring (bicyclic) bond motifs is 1. The van der Waals surface area contributed by atoms with Crippen LogP contribution in [0.15, 0.2) is 67.0 Å². The van der Waals surface area contributed by atoms with E-state index in [1.54, 1.807) is 12.4 Å². The third kappa shape index (κ3) is 3.91. The minimum Gasteiger partial charge on any atom is -0.491 e. The molecule has 0 atom stereocenters. The van der Waals surface area contributed by atoms with E-state index in [4.69, 9.17) is 14.5 Å². The van der Waals surface area contributed by atoms with Gasteiger partial charge >= 0.3 is 0 Å². The average Bonchev–Trinajstić information content (AvgIpc) is 2.97. The molecule has 6 heteroatoms. The maximum atomic E-state index is 5.88. The normalized spacial score (nSPS) is 11.0. The number of hydrogen-bond acceptors (Lipinski definition) is 5. The molecule has 6 nitrogen and oxygen atoms in total. The number of hydrogen-bond donors (Lipinski definition) is 1. The third-order valence-corrected chi connectivity index (χ3v) is 4.20. The number of benzene rings is 2. The van der Waals surface area contributed by atoms with Crippen molar-refractivity contribution in [1.29, 1.82) is 0 Å². The zero-order valence-corrected chi connectivity index (χ0v) is 16.1. The molecule has 0 spiro atoms. The van der Waals surface area contributed by atoms with Crippen LogP contribution in [0.25, 0.3) is 11.0 Å². The highest BCUT2D eigenvalue weighted by molar-refractivity contribution is 5.81. The molecular weight excluding hydrogens is 352 g/mol. The molecule has 4 aromatic rings. The summed E-state index contributed by atoms with van der Waals surface area (Å²) in [5.74, 6) is 3.05. The molecule has 28 heavy (non-hydrogen) atoms. The van der Waals surface area contributed by atoms with Crippen molar-refractivity contribution in [2.45, 2.75) is 20.0 Å². The summed E-state index contributed by atoms with van der Waals surface area (Å²) in [5.41, 5.74) is 2.79. The predicted molar refractivity (Wildman–Crippen MR) is 111 cm³/mol. The number of anilines is 2. The molecule has 4 rings (SSSR count). The first-order valence-corrected chi connectivity index (χ1v) is 9.16. The van der Waals surface area contributed by atoms with Gasteiger partial charge in [0, 0.05) is 37.3 Å². The maximum Gasteiger partial charge on any atom is 0.208 e. The Bertz CT molecular complexity index is 1090. The summed E-state index contributed by atoms with van der Waals surface area (Å²) in [6.45, 7) is 4.02. The zero-order chi connectivity index (χ0) is 19.5. The van der Waals surface area contributed by atoms with Crippen molar-refractivity contribution in [2.75, 3.05) is 5.32 Å². The van der Waals surface area contributed by atoms with Crippen LogP contribution in [0.4, 0.5) is 11.6 Å². The fourth-order valence-electron chi connectivity index (χ4n) is 2.95. The Morgan fingerprint density at radius 1 is 0.929 bits per heavy atom. The van der Waals surface area contributed by atoms with Crippen LogP contribution in [0.1, 0.15) is 13.8 Å². The van der Waals surface area contributed by atoms with Crippen molar-refractivity contribution in [3.63, 3.8) is 0 Å². The molecule has 0 radical (unpaired) electrons. The Balaban J connectivity index is 1.59. The molecule has 0 aliphatic heterocycles. The first-order chi connectivity index (χ1) is 13.6. The van der Waals surface area contributed by atoms with E-state index in [1.807, 2.05) is 80.1 Å². The number of nitrogens with one attached hydrogen (secondary N) is 1. The second-order valence-electron chi connectivity index (χ2n) is 6.75. The van der Waals surface area contributed by atoms with Gasteiger partial charge in [-0.05, 0) is 50.2 Å². The summed E-state index contributed by atoms with van der Waals surface area (Å²) >= 11 is 0. The van der Waals surface area contributed by atoms with E-state index in [9.17, 15) is 0 Å². The number of pyridine rings is 1. The Morgan fingerprint density at radius 2 is 1.75 bits per heavy atom. The molecule has 0 unspecified atom stereocenters. The van der Waals surface area contributed by atoms with Crippen LogP contribution >= 0.6 is 0 Å². The lowest BCUT2D eigenvalue weighted by Gasteiger charge is -2.11. The van der Waals surface area contributed by atoms with E-state index < -0.39 is 0 Å². The number of aromatic nitrogens is 3. The van der Waals surface area contributed by atoms with Crippen molar-refractivity contribution in [1.82, 2.24) is 14.5 Å². The minimum atomic E-state index is 0.129. The van der Waals surface area contributed by atoms with E-state index >= 15 is 0 Å². The van der Waals surface area contributed by atoms with Gasteiger partial charge in [0.25, 0.3) is 0 Å². The highest BCUT2D eigenvalue weighted by Crippen LogP contribution is 2.28. The van der Waals surface area contributed by atoms with Crippen LogP contribution in [-0.2, 0) is 7.05 Å². The first-order valence-electron chi connectivity index (χ1n) is 9.16. The number of rotatable bonds is 6. The zero-order valence-electron chi connectivity index (χ0n) is 16.1. The van der Waals surface area contributed by atoms with Crippen molar-refractivity contribution < 1.29 is 9.47 Å². The van der Waals surface area contributed by atoms with Gasteiger partial charge in [-0.15, -0.1) is 0 Å². The quantitative estimate of drug-likeness (QED) is 0.497. The fourth-order valence-corrected chi connectivity index (χ4v) is 2.95. The summed E-state index contributed by atoms with van der Waals surface area (Å²) in [5, 5.41) is 3.37. The summed E-state index contributed by atoms with van der Waals surface area (Å²) in [6.07, 6.45) is 3.53. The molecule has 0 fully saturated rings. The fraction of sp³-hybridized carbons (Fsp3) is 0.182. The monoisotopic (exact) mass is 374 g/mol. The van der Waals surface area contributed by atoms with Gasteiger partial charge < -0.3 is 19.4 Å². The van der Waals surface area contributed by atoms with E-state index in [0.717, 1.165) is 39.9 Å². The molecule has 0 saturated carbocycles. The molecular formula is C22H22N4O2. The SMILES string of the molecule is CC(C)Oc1cccc(Nc2nc3cc(Oc4ccncc4)ccc3n2C)c1. The first kappa shape index (κ1) is 17.9. The van der Waals surface area contributed by atoms with Crippen LogP contribution in [0.2, 0.25) is 0 Å². The third-order valence-electron chi connectivity index (χ3n) is 4.20. The minimum absolute atomic E-state index is 0.129. The lowest BCUT2D eigenvalue weighted by atomic mass is 10.3. The summed E-state index contributed by atoms with van der Waals surface area (Å²) < 4.78 is 13.7. The lowest BCUT2D eigenvalue weighted by molar-refractivity contribution is 0.242. The van der Waals surface area contributed by atoms with Gasteiger partial charge in [0.2, 0.25) is 5.95 Å². The van der Waals surface area contributed by atoms with Gasteiger partial charge in [-0.2, -0.15) is 0 Å². The summed E-state index contributed by atoms with van der Waals surface area (Å²) in [7, 11) is 1.98. The van der Waals surface area contributed by atoms with Crippen molar-refractivity contribution in [2.24, 2.45) is 7.05 Å². The van der Waals surface area contributed by atoms with Gasteiger partial charge in [0.05, 0.1) is 17.1 Å². The van der Waals surface area contributed by atoms with Crippen molar-refractivity contribution in [3.8, 4) is 17.2 Å². The molecule has 0 aliphatic rings.